The number of rotatable bonds is 5. The molecule has 1 atom stereocenters. The van der Waals surface area contributed by atoms with Crippen LogP contribution in [0.15, 0.2) is 48.7 Å². The summed E-state index contributed by atoms with van der Waals surface area (Å²) in [5.74, 6) is -0.100. The zero-order valence-corrected chi connectivity index (χ0v) is 25.1. The van der Waals surface area contributed by atoms with Gasteiger partial charge in [-0.15, -0.1) is 4.31 Å². The van der Waals surface area contributed by atoms with Gasteiger partial charge < -0.3 is 18.8 Å². The van der Waals surface area contributed by atoms with Crippen LogP contribution in [-0.4, -0.2) is 75.4 Å². The van der Waals surface area contributed by atoms with Gasteiger partial charge in [-0.3, -0.25) is 9.78 Å². The third-order valence-corrected chi connectivity index (χ3v) is 10.3. The molecule has 1 unspecified atom stereocenters. The normalized spacial score (nSPS) is 22.0. The largest absolute Gasteiger partial charge is 0.598 e. The van der Waals surface area contributed by atoms with Gasteiger partial charge in [0.1, 0.15) is 6.26 Å². The standard InChI is InChI=1S/C31H35BN4O4S/c1-29(2)30(3,4)40-32(39-29)25-18-21(10-11-24(25)31(20-33)12-13-31)27-22-8-6-7-9-26(22)34-19-23(27)28(37)35-14-16-36(17-15-35)41(5)38/h6-11,18-19H,12-17H2,1-5H3. The Kier molecular flexibility index (Phi) is 6.95. The van der Waals surface area contributed by atoms with Crippen molar-refractivity contribution in [2.24, 2.45) is 0 Å². The third-order valence-electron chi connectivity index (χ3n) is 9.22. The maximum atomic E-state index is 14.0. The molecule has 8 nitrogen and oxygen atoms in total. The highest BCUT2D eigenvalue weighted by atomic mass is 32.2. The molecule has 3 heterocycles. The molecule has 1 saturated carbocycles. The first kappa shape index (κ1) is 28.2. The molecule has 0 radical (unpaired) electrons. The lowest BCUT2D eigenvalue weighted by Crippen LogP contribution is -2.50. The van der Waals surface area contributed by atoms with Crippen molar-refractivity contribution in [2.45, 2.75) is 57.2 Å². The topological polar surface area (TPSA) is 102 Å². The highest BCUT2D eigenvalue weighted by Gasteiger charge is 2.55. The first-order valence-electron chi connectivity index (χ1n) is 14.1. The molecule has 2 aromatic carbocycles. The molecule has 6 rings (SSSR count). The highest BCUT2D eigenvalue weighted by Crippen LogP contribution is 2.48. The lowest BCUT2D eigenvalue weighted by Gasteiger charge is -2.33. The van der Waals surface area contributed by atoms with E-state index in [9.17, 15) is 14.6 Å². The van der Waals surface area contributed by atoms with Crippen LogP contribution in [0, 0.1) is 11.3 Å². The Morgan fingerprint density at radius 1 is 1.05 bits per heavy atom. The zero-order chi connectivity index (χ0) is 29.2. The molecule has 1 aliphatic carbocycles. The van der Waals surface area contributed by atoms with Gasteiger partial charge in [0.05, 0.1) is 46.9 Å². The van der Waals surface area contributed by atoms with E-state index in [1.165, 1.54) is 0 Å². The van der Waals surface area contributed by atoms with Crippen LogP contribution in [0.3, 0.4) is 0 Å². The summed E-state index contributed by atoms with van der Waals surface area (Å²) in [7, 11) is -0.643. The van der Waals surface area contributed by atoms with Crippen LogP contribution in [0.4, 0.5) is 0 Å². The summed E-state index contributed by atoms with van der Waals surface area (Å²) in [5.41, 5.74) is 3.10. The van der Waals surface area contributed by atoms with Gasteiger partial charge in [-0.05, 0) is 63.2 Å². The van der Waals surface area contributed by atoms with Gasteiger partial charge in [0, 0.05) is 41.6 Å². The van der Waals surface area contributed by atoms with Crippen LogP contribution in [0.1, 0.15) is 56.5 Å². The SMILES string of the molecule is C[S+]([O-])N1CCN(C(=O)c2cnc3ccccc3c2-c2ccc(C3(C#N)CC3)c(B3OC(C)(C)C(C)(C)O3)c2)CC1. The van der Waals surface area contributed by atoms with E-state index < -0.39 is 35.1 Å². The molecular formula is C31H35BN4O4S. The second-order valence-corrected chi connectivity index (χ2v) is 13.7. The van der Waals surface area contributed by atoms with Gasteiger partial charge in [0.15, 0.2) is 0 Å². The van der Waals surface area contributed by atoms with Gasteiger partial charge in [-0.25, -0.2) is 0 Å². The molecule has 212 valence electrons. The maximum Gasteiger partial charge on any atom is 0.495 e. The summed E-state index contributed by atoms with van der Waals surface area (Å²) < 4.78 is 26.8. The van der Waals surface area contributed by atoms with E-state index in [0.29, 0.717) is 31.7 Å². The Hall–Kier alpha value is -2.94. The highest BCUT2D eigenvalue weighted by molar-refractivity contribution is 7.88. The molecule has 0 bridgehead atoms. The van der Waals surface area contributed by atoms with Crippen molar-refractivity contribution >= 4 is 40.8 Å². The molecule has 0 spiro atoms. The minimum atomic E-state index is -1.06. The van der Waals surface area contributed by atoms with Crippen molar-refractivity contribution in [3.05, 3.63) is 59.8 Å². The van der Waals surface area contributed by atoms with Crippen LogP contribution in [-0.2, 0) is 26.1 Å². The first-order valence-corrected chi connectivity index (χ1v) is 15.7. The van der Waals surface area contributed by atoms with Crippen LogP contribution in [0.5, 0.6) is 0 Å². The van der Waals surface area contributed by atoms with Crippen LogP contribution in [0.2, 0.25) is 0 Å². The van der Waals surface area contributed by atoms with Crippen LogP contribution >= 0.6 is 0 Å². The summed E-state index contributed by atoms with van der Waals surface area (Å²) in [6.45, 7) is 10.2. The average Bonchev–Trinajstić information content (AvgIpc) is 3.72. The molecule has 2 saturated heterocycles. The van der Waals surface area contributed by atoms with E-state index in [1.807, 2.05) is 79.4 Å². The molecule has 2 aliphatic heterocycles. The number of nitrogens with zero attached hydrogens (tertiary/aromatic N) is 4. The fourth-order valence-corrected chi connectivity index (χ4v) is 6.50. The Bertz CT molecular complexity index is 1540. The quantitative estimate of drug-likeness (QED) is 0.340. The molecule has 3 aromatic rings. The van der Waals surface area contributed by atoms with Crippen molar-refractivity contribution < 1.29 is 18.7 Å². The number of carbonyl (C=O) groups is 1. The number of aromatic nitrogens is 1. The van der Waals surface area contributed by atoms with Crippen molar-refractivity contribution in [2.75, 3.05) is 32.4 Å². The molecule has 3 fully saturated rings. The molecule has 10 heteroatoms. The van der Waals surface area contributed by atoms with Gasteiger partial charge in [0.2, 0.25) is 0 Å². The van der Waals surface area contributed by atoms with E-state index in [-0.39, 0.29) is 5.91 Å². The first-order chi connectivity index (χ1) is 19.5. The van der Waals surface area contributed by atoms with E-state index in [1.54, 1.807) is 12.5 Å². The maximum absolute atomic E-state index is 14.0. The van der Waals surface area contributed by atoms with Crippen LogP contribution < -0.4 is 5.46 Å². The third kappa shape index (κ3) is 4.84. The number of fused-ring (bicyclic) bond motifs is 1. The average molecular weight is 571 g/mol. The summed E-state index contributed by atoms with van der Waals surface area (Å²) in [6, 6.07) is 16.4. The number of pyridine rings is 1. The van der Waals surface area contributed by atoms with E-state index >= 15 is 0 Å². The molecule has 0 N–H and O–H groups in total. The van der Waals surface area contributed by atoms with E-state index in [2.05, 4.69) is 11.1 Å². The molecule has 1 aromatic heterocycles. The number of hydrogen-bond donors (Lipinski definition) is 0. The number of piperazine rings is 1. The monoisotopic (exact) mass is 570 g/mol. The summed E-state index contributed by atoms with van der Waals surface area (Å²) in [5, 5.41) is 11.0. The lowest BCUT2D eigenvalue weighted by atomic mass is 9.71. The smallest absolute Gasteiger partial charge is 0.495 e. The van der Waals surface area contributed by atoms with Gasteiger partial charge in [-0.2, -0.15) is 5.26 Å². The second-order valence-electron chi connectivity index (χ2n) is 12.3. The van der Waals surface area contributed by atoms with Gasteiger partial charge >= 0.3 is 7.12 Å². The second kappa shape index (κ2) is 10.1. The fraction of sp³-hybridized carbons (Fsp3) is 0.452. The van der Waals surface area contributed by atoms with Crippen molar-refractivity contribution in [3.8, 4) is 17.2 Å². The molecule has 1 amide bonds. The van der Waals surface area contributed by atoms with E-state index in [0.717, 1.165) is 45.9 Å². The summed E-state index contributed by atoms with van der Waals surface area (Å²) in [6.07, 6.45) is 4.93. The van der Waals surface area contributed by atoms with E-state index in [4.69, 9.17) is 9.31 Å². The number of benzene rings is 2. The zero-order valence-electron chi connectivity index (χ0n) is 24.3. The molecule has 41 heavy (non-hydrogen) atoms. The summed E-state index contributed by atoms with van der Waals surface area (Å²) >= 11 is -1.06. The van der Waals surface area contributed by atoms with Gasteiger partial charge in [-0.1, -0.05) is 36.4 Å². The predicted octanol–water partition coefficient (Wildman–Crippen LogP) is 3.81. The number of nitriles is 1. The van der Waals surface area contributed by atoms with Crippen LogP contribution in [0.25, 0.3) is 22.0 Å². The Balaban J connectivity index is 1.48. The minimum Gasteiger partial charge on any atom is -0.598 e. The van der Waals surface area contributed by atoms with Gasteiger partial charge in [0.25, 0.3) is 5.91 Å². The minimum absolute atomic E-state index is 0.100. The molecular weight excluding hydrogens is 535 g/mol. The fourth-order valence-electron chi connectivity index (χ4n) is 5.82. The Labute approximate surface area is 245 Å². The molecule has 3 aliphatic rings. The van der Waals surface area contributed by atoms with Crippen molar-refractivity contribution in [1.82, 2.24) is 14.2 Å². The number of para-hydroxylation sites is 1. The lowest BCUT2D eigenvalue weighted by molar-refractivity contribution is 0.00578. The Morgan fingerprint density at radius 3 is 2.32 bits per heavy atom. The summed E-state index contributed by atoms with van der Waals surface area (Å²) in [4.78, 5) is 20.5. The number of hydrogen-bond acceptors (Lipinski definition) is 7. The predicted molar refractivity (Wildman–Crippen MR) is 161 cm³/mol. The number of amides is 1. The number of carbonyl (C=O) groups excluding carboxylic acids is 1. The van der Waals surface area contributed by atoms with Crippen molar-refractivity contribution in [1.29, 1.82) is 5.26 Å². The Morgan fingerprint density at radius 2 is 1.71 bits per heavy atom. The van der Waals surface area contributed by atoms with Crippen molar-refractivity contribution in [3.63, 3.8) is 0 Å².